The van der Waals surface area contributed by atoms with Gasteiger partial charge in [0.1, 0.15) is 5.01 Å². The fourth-order valence-electron chi connectivity index (χ4n) is 1.81. The molecule has 18 heavy (non-hydrogen) atoms. The van der Waals surface area contributed by atoms with Crippen LogP contribution in [0.4, 0.5) is 5.95 Å². The molecule has 0 aliphatic heterocycles. The molecular formula is C13H20N4S. The average molecular weight is 264 g/mol. The zero-order valence-corrected chi connectivity index (χ0v) is 12.0. The van der Waals surface area contributed by atoms with E-state index in [4.69, 9.17) is 0 Å². The Morgan fingerprint density at radius 2 is 2.22 bits per heavy atom. The molecule has 0 aromatic carbocycles. The Bertz CT molecular complexity index is 489. The lowest BCUT2D eigenvalue weighted by Crippen LogP contribution is -2.11. The molecule has 0 bridgehead atoms. The van der Waals surface area contributed by atoms with E-state index in [-0.39, 0.29) is 6.04 Å². The number of nitrogens with zero attached hydrogens (tertiary/aromatic N) is 3. The number of hydrogen-bond acceptors (Lipinski definition) is 4. The third-order valence-electron chi connectivity index (χ3n) is 2.82. The summed E-state index contributed by atoms with van der Waals surface area (Å²) in [5.41, 5.74) is 0. The second kappa shape index (κ2) is 6.00. The molecule has 2 rings (SSSR count). The van der Waals surface area contributed by atoms with Crippen LogP contribution in [-0.4, -0.2) is 14.5 Å². The van der Waals surface area contributed by atoms with Crippen LogP contribution in [0.3, 0.4) is 0 Å². The van der Waals surface area contributed by atoms with Crippen LogP contribution in [0.25, 0.3) is 0 Å². The summed E-state index contributed by atoms with van der Waals surface area (Å²) in [6.07, 6.45) is 7.98. The van der Waals surface area contributed by atoms with E-state index in [9.17, 15) is 0 Å². The zero-order chi connectivity index (χ0) is 13.0. The maximum Gasteiger partial charge on any atom is 0.203 e. The molecule has 0 radical (unpaired) electrons. The number of imidazole rings is 1. The van der Waals surface area contributed by atoms with Crippen molar-refractivity contribution in [1.29, 1.82) is 0 Å². The summed E-state index contributed by atoms with van der Waals surface area (Å²) in [6, 6.07) is 0.202. The van der Waals surface area contributed by atoms with Crippen molar-refractivity contribution in [2.45, 2.75) is 46.2 Å². The molecule has 4 nitrogen and oxygen atoms in total. The highest BCUT2D eigenvalue weighted by atomic mass is 32.1. The quantitative estimate of drug-likeness (QED) is 0.868. The highest BCUT2D eigenvalue weighted by molar-refractivity contribution is 7.11. The molecular weight excluding hydrogens is 244 g/mol. The van der Waals surface area contributed by atoms with E-state index >= 15 is 0 Å². The van der Waals surface area contributed by atoms with Gasteiger partial charge in [-0.05, 0) is 19.8 Å². The van der Waals surface area contributed by atoms with E-state index < -0.39 is 0 Å². The minimum absolute atomic E-state index is 0.202. The van der Waals surface area contributed by atoms with Gasteiger partial charge >= 0.3 is 0 Å². The van der Waals surface area contributed by atoms with E-state index in [0.29, 0.717) is 0 Å². The van der Waals surface area contributed by atoms with Crippen LogP contribution in [0.15, 0.2) is 18.6 Å². The Morgan fingerprint density at radius 3 is 2.89 bits per heavy atom. The van der Waals surface area contributed by atoms with Crippen molar-refractivity contribution >= 4 is 17.3 Å². The second-order valence-corrected chi connectivity index (χ2v) is 5.48. The second-order valence-electron chi connectivity index (χ2n) is 4.33. The molecule has 2 aromatic rings. The number of aromatic nitrogens is 3. The van der Waals surface area contributed by atoms with Crippen molar-refractivity contribution in [3.05, 3.63) is 28.5 Å². The SMILES string of the molecule is CCCn1ccnc1NC(C)c1ncc(CC)s1. The molecule has 0 fully saturated rings. The Hall–Kier alpha value is -1.36. The van der Waals surface area contributed by atoms with E-state index in [0.717, 1.165) is 30.3 Å². The first kappa shape index (κ1) is 13.1. The fourth-order valence-corrected chi connectivity index (χ4v) is 2.67. The first-order chi connectivity index (χ1) is 8.74. The summed E-state index contributed by atoms with van der Waals surface area (Å²) in [6.45, 7) is 7.45. The van der Waals surface area contributed by atoms with Crippen LogP contribution in [-0.2, 0) is 13.0 Å². The van der Waals surface area contributed by atoms with Gasteiger partial charge in [-0.3, -0.25) is 0 Å². The first-order valence-electron chi connectivity index (χ1n) is 6.46. The minimum Gasteiger partial charge on any atom is -0.347 e. The number of rotatable bonds is 6. The highest BCUT2D eigenvalue weighted by Gasteiger charge is 2.12. The Kier molecular flexibility index (Phi) is 4.36. The van der Waals surface area contributed by atoms with Crippen molar-refractivity contribution in [3.63, 3.8) is 0 Å². The van der Waals surface area contributed by atoms with Crippen molar-refractivity contribution < 1.29 is 0 Å². The molecule has 98 valence electrons. The van der Waals surface area contributed by atoms with Crippen LogP contribution in [0.2, 0.25) is 0 Å². The summed E-state index contributed by atoms with van der Waals surface area (Å²) in [7, 11) is 0. The van der Waals surface area contributed by atoms with Gasteiger partial charge in [-0.2, -0.15) is 0 Å². The molecule has 0 saturated heterocycles. The molecule has 2 heterocycles. The highest BCUT2D eigenvalue weighted by Crippen LogP contribution is 2.23. The molecule has 0 spiro atoms. The number of anilines is 1. The van der Waals surface area contributed by atoms with E-state index in [1.165, 1.54) is 4.88 Å². The Balaban J connectivity index is 2.06. The molecule has 0 aliphatic rings. The number of hydrogen-bond donors (Lipinski definition) is 1. The molecule has 0 aliphatic carbocycles. The largest absolute Gasteiger partial charge is 0.347 e. The molecule has 0 amide bonds. The molecule has 1 unspecified atom stereocenters. The lowest BCUT2D eigenvalue weighted by Gasteiger charge is -2.13. The summed E-state index contributed by atoms with van der Waals surface area (Å²) in [5.74, 6) is 0.928. The van der Waals surface area contributed by atoms with Gasteiger partial charge in [0.25, 0.3) is 0 Å². The number of aryl methyl sites for hydroxylation is 2. The van der Waals surface area contributed by atoms with Gasteiger partial charge in [-0.15, -0.1) is 11.3 Å². The maximum absolute atomic E-state index is 4.46. The third kappa shape index (κ3) is 2.90. The predicted octanol–water partition coefficient (Wildman–Crippen LogP) is 3.49. The van der Waals surface area contributed by atoms with E-state index in [1.54, 1.807) is 11.3 Å². The van der Waals surface area contributed by atoms with Crippen molar-refractivity contribution in [3.8, 4) is 0 Å². The van der Waals surface area contributed by atoms with Crippen molar-refractivity contribution in [1.82, 2.24) is 14.5 Å². The normalized spacial score (nSPS) is 12.6. The lowest BCUT2D eigenvalue weighted by atomic mass is 10.3. The predicted molar refractivity (Wildman–Crippen MR) is 76.0 cm³/mol. The lowest BCUT2D eigenvalue weighted by molar-refractivity contribution is 0.674. The summed E-state index contributed by atoms with van der Waals surface area (Å²) in [4.78, 5) is 10.1. The Labute approximate surface area is 112 Å². The molecule has 0 saturated carbocycles. The fraction of sp³-hybridized carbons (Fsp3) is 0.538. The zero-order valence-electron chi connectivity index (χ0n) is 11.2. The van der Waals surface area contributed by atoms with Crippen LogP contribution < -0.4 is 5.32 Å². The van der Waals surface area contributed by atoms with Crippen LogP contribution in [0.1, 0.15) is 43.1 Å². The van der Waals surface area contributed by atoms with Crippen LogP contribution >= 0.6 is 11.3 Å². The summed E-state index contributed by atoms with van der Waals surface area (Å²) >= 11 is 1.77. The standard InChI is InChI=1S/C13H20N4S/c1-4-7-17-8-6-14-13(17)16-10(3)12-15-9-11(5-2)18-12/h6,8-10H,4-5,7H2,1-3H3,(H,14,16). The van der Waals surface area contributed by atoms with Gasteiger partial charge in [-0.1, -0.05) is 13.8 Å². The van der Waals surface area contributed by atoms with Gasteiger partial charge in [0, 0.05) is 30.0 Å². The maximum atomic E-state index is 4.46. The molecule has 1 N–H and O–H groups in total. The van der Waals surface area contributed by atoms with Gasteiger partial charge in [0.2, 0.25) is 5.95 Å². The smallest absolute Gasteiger partial charge is 0.203 e. The van der Waals surface area contributed by atoms with Crippen molar-refractivity contribution in [2.75, 3.05) is 5.32 Å². The van der Waals surface area contributed by atoms with E-state index in [2.05, 4.69) is 40.6 Å². The van der Waals surface area contributed by atoms with Crippen LogP contribution in [0, 0.1) is 0 Å². The monoisotopic (exact) mass is 264 g/mol. The first-order valence-corrected chi connectivity index (χ1v) is 7.28. The van der Waals surface area contributed by atoms with Gasteiger partial charge in [0.15, 0.2) is 0 Å². The third-order valence-corrected chi connectivity index (χ3v) is 4.14. The van der Waals surface area contributed by atoms with E-state index in [1.807, 2.05) is 18.6 Å². The van der Waals surface area contributed by atoms with Crippen LogP contribution in [0.5, 0.6) is 0 Å². The average Bonchev–Trinajstić information content (AvgIpc) is 2.99. The summed E-state index contributed by atoms with van der Waals surface area (Å²) in [5, 5.41) is 4.55. The molecule has 2 aromatic heterocycles. The van der Waals surface area contributed by atoms with Gasteiger partial charge in [0.05, 0.1) is 6.04 Å². The minimum atomic E-state index is 0.202. The Morgan fingerprint density at radius 1 is 1.39 bits per heavy atom. The topological polar surface area (TPSA) is 42.7 Å². The number of nitrogens with one attached hydrogen (secondary N) is 1. The molecule has 5 heteroatoms. The van der Waals surface area contributed by atoms with Gasteiger partial charge in [-0.25, -0.2) is 9.97 Å². The number of thiazole rings is 1. The van der Waals surface area contributed by atoms with Gasteiger partial charge < -0.3 is 9.88 Å². The summed E-state index contributed by atoms with van der Waals surface area (Å²) < 4.78 is 2.14. The molecule has 1 atom stereocenters. The van der Waals surface area contributed by atoms with Crippen molar-refractivity contribution in [2.24, 2.45) is 0 Å².